The molecule has 0 aliphatic rings. The minimum atomic E-state index is -0.481. The molecule has 0 bridgehead atoms. The summed E-state index contributed by atoms with van der Waals surface area (Å²) in [6.45, 7) is 0.178. The van der Waals surface area contributed by atoms with Crippen LogP contribution in [-0.4, -0.2) is 24.8 Å². The third kappa shape index (κ3) is 2.99. The number of nitrogens with zero attached hydrogens (tertiary/aromatic N) is 4. The van der Waals surface area contributed by atoms with E-state index < -0.39 is 9.85 Å². The smallest absolute Gasteiger partial charge is 0.293 e. The number of imidazole rings is 1. The Kier molecular flexibility index (Phi) is 3.84. The van der Waals surface area contributed by atoms with Gasteiger partial charge in [-0.25, -0.2) is 4.98 Å². The average Bonchev–Trinajstić information content (AvgIpc) is 3.07. The zero-order valence-corrected chi connectivity index (χ0v) is 13.7. The van der Waals surface area contributed by atoms with Crippen LogP contribution < -0.4 is 5.32 Å². The molecule has 0 saturated carbocycles. The van der Waals surface area contributed by atoms with Crippen molar-refractivity contribution in [1.29, 1.82) is 0 Å². The molecule has 0 radical (unpaired) electrons. The van der Waals surface area contributed by atoms with E-state index in [0.29, 0.717) is 33.4 Å². The van der Waals surface area contributed by atoms with Crippen LogP contribution in [0.4, 0.5) is 17.1 Å². The lowest BCUT2D eigenvalue weighted by molar-refractivity contribution is -0.384. The van der Waals surface area contributed by atoms with Crippen molar-refractivity contribution in [3.63, 3.8) is 0 Å². The quantitative estimate of drug-likeness (QED) is 0.407. The van der Waals surface area contributed by atoms with Crippen molar-refractivity contribution in [1.82, 2.24) is 15.0 Å². The summed E-state index contributed by atoms with van der Waals surface area (Å²) in [5.74, 6) is 0.501. The van der Waals surface area contributed by atoms with Gasteiger partial charge in [0, 0.05) is 29.8 Å². The molecule has 4 aromatic rings. The SMILES string of the molecule is O=[N+]([O-])c1ccc2nc(CNc3c([N+](=O)[O-])ccc4ncccc34)[nH]c2c1. The number of nitrogens with one attached hydrogen (secondary N) is 2. The Morgan fingerprint density at radius 1 is 1.04 bits per heavy atom. The number of aromatic amines is 1. The monoisotopic (exact) mass is 364 g/mol. The second-order valence-electron chi connectivity index (χ2n) is 5.78. The van der Waals surface area contributed by atoms with Gasteiger partial charge in [0.1, 0.15) is 11.5 Å². The van der Waals surface area contributed by atoms with E-state index in [1.54, 1.807) is 30.5 Å². The second-order valence-corrected chi connectivity index (χ2v) is 5.78. The number of anilines is 1. The fourth-order valence-electron chi connectivity index (χ4n) is 2.90. The van der Waals surface area contributed by atoms with Crippen LogP contribution in [0.15, 0.2) is 48.7 Å². The van der Waals surface area contributed by atoms with Crippen LogP contribution in [0.5, 0.6) is 0 Å². The normalized spacial score (nSPS) is 11.0. The molecule has 27 heavy (non-hydrogen) atoms. The predicted molar refractivity (Wildman–Crippen MR) is 98.5 cm³/mol. The lowest BCUT2D eigenvalue weighted by atomic mass is 10.1. The van der Waals surface area contributed by atoms with Gasteiger partial charge in [-0.1, -0.05) is 0 Å². The standard InChI is InChI=1S/C17H12N6O4/c24-22(25)10-3-4-13-14(8-10)21-16(20-13)9-19-17-11-2-1-7-18-12(11)5-6-15(17)23(26)27/h1-8,19H,9H2,(H,20,21). The van der Waals surface area contributed by atoms with E-state index in [1.807, 2.05) is 0 Å². The van der Waals surface area contributed by atoms with E-state index in [0.717, 1.165) is 0 Å². The maximum Gasteiger partial charge on any atom is 0.293 e. The topological polar surface area (TPSA) is 140 Å². The summed E-state index contributed by atoms with van der Waals surface area (Å²) in [5.41, 5.74) is 1.97. The minimum absolute atomic E-state index is 0.0403. The molecule has 134 valence electrons. The Morgan fingerprint density at radius 3 is 2.63 bits per heavy atom. The summed E-state index contributed by atoms with van der Waals surface area (Å²) < 4.78 is 0. The number of H-pyrrole nitrogens is 1. The molecule has 2 heterocycles. The Labute approximate surface area is 151 Å². The van der Waals surface area contributed by atoms with Gasteiger partial charge in [0.05, 0.1) is 32.9 Å². The third-order valence-electron chi connectivity index (χ3n) is 4.12. The van der Waals surface area contributed by atoms with Crippen molar-refractivity contribution in [2.45, 2.75) is 6.54 Å². The highest BCUT2D eigenvalue weighted by Crippen LogP contribution is 2.32. The highest BCUT2D eigenvalue weighted by atomic mass is 16.6. The molecule has 2 aromatic heterocycles. The van der Waals surface area contributed by atoms with Crippen molar-refractivity contribution in [3.8, 4) is 0 Å². The van der Waals surface area contributed by atoms with Crippen LogP contribution in [0.2, 0.25) is 0 Å². The highest BCUT2D eigenvalue weighted by molar-refractivity contribution is 5.96. The molecule has 4 rings (SSSR count). The van der Waals surface area contributed by atoms with E-state index in [1.165, 1.54) is 18.2 Å². The number of rotatable bonds is 5. The first-order valence-electron chi connectivity index (χ1n) is 7.92. The van der Waals surface area contributed by atoms with Gasteiger partial charge in [0.25, 0.3) is 11.4 Å². The van der Waals surface area contributed by atoms with Crippen LogP contribution in [0, 0.1) is 20.2 Å². The molecule has 0 unspecified atom stereocenters. The molecule has 0 atom stereocenters. The molecule has 0 fully saturated rings. The van der Waals surface area contributed by atoms with Crippen molar-refractivity contribution in [2.75, 3.05) is 5.32 Å². The number of non-ortho nitro benzene ring substituents is 1. The van der Waals surface area contributed by atoms with Gasteiger partial charge < -0.3 is 10.3 Å². The predicted octanol–water partition coefficient (Wildman–Crippen LogP) is 3.54. The van der Waals surface area contributed by atoms with E-state index in [9.17, 15) is 20.2 Å². The van der Waals surface area contributed by atoms with E-state index in [4.69, 9.17) is 0 Å². The Bertz CT molecular complexity index is 1200. The first kappa shape index (κ1) is 16.4. The highest BCUT2D eigenvalue weighted by Gasteiger charge is 2.18. The number of fused-ring (bicyclic) bond motifs is 2. The van der Waals surface area contributed by atoms with Crippen LogP contribution in [0.1, 0.15) is 5.82 Å². The summed E-state index contributed by atoms with van der Waals surface area (Å²) in [7, 11) is 0. The van der Waals surface area contributed by atoms with Crippen molar-refractivity contribution in [2.24, 2.45) is 0 Å². The molecule has 0 saturated heterocycles. The van der Waals surface area contributed by atoms with E-state index in [2.05, 4.69) is 20.3 Å². The van der Waals surface area contributed by atoms with Crippen LogP contribution in [0.3, 0.4) is 0 Å². The minimum Gasteiger partial charge on any atom is -0.372 e. The summed E-state index contributed by atoms with van der Waals surface area (Å²) in [4.78, 5) is 32.9. The molecule has 2 aromatic carbocycles. The van der Waals surface area contributed by atoms with Gasteiger partial charge >= 0.3 is 0 Å². The van der Waals surface area contributed by atoms with Crippen molar-refractivity contribution < 1.29 is 9.85 Å². The van der Waals surface area contributed by atoms with E-state index >= 15 is 0 Å². The van der Waals surface area contributed by atoms with Gasteiger partial charge in [-0.2, -0.15) is 0 Å². The largest absolute Gasteiger partial charge is 0.372 e. The molecule has 0 aliphatic carbocycles. The number of nitro groups is 2. The fourth-order valence-corrected chi connectivity index (χ4v) is 2.90. The van der Waals surface area contributed by atoms with Gasteiger partial charge in [-0.3, -0.25) is 25.2 Å². The van der Waals surface area contributed by atoms with Gasteiger partial charge in [0.15, 0.2) is 0 Å². The van der Waals surface area contributed by atoms with Crippen LogP contribution >= 0.6 is 0 Å². The lowest BCUT2D eigenvalue weighted by Gasteiger charge is -2.08. The third-order valence-corrected chi connectivity index (χ3v) is 4.12. The summed E-state index contributed by atoms with van der Waals surface area (Å²) in [6.07, 6.45) is 1.62. The second kappa shape index (κ2) is 6.33. The van der Waals surface area contributed by atoms with Crippen molar-refractivity contribution >= 4 is 39.0 Å². The van der Waals surface area contributed by atoms with Gasteiger partial charge in [-0.05, 0) is 24.3 Å². The van der Waals surface area contributed by atoms with Crippen molar-refractivity contribution in [3.05, 3.63) is 74.7 Å². The number of hydrogen-bond acceptors (Lipinski definition) is 7. The summed E-state index contributed by atoms with van der Waals surface area (Å²) >= 11 is 0. The van der Waals surface area contributed by atoms with Gasteiger partial charge in [-0.15, -0.1) is 0 Å². The number of benzene rings is 2. The number of nitro benzene ring substituents is 2. The number of pyridine rings is 1. The Balaban J connectivity index is 1.69. The first-order valence-corrected chi connectivity index (χ1v) is 7.92. The first-order chi connectivity index (χ1) is 13.0. The average molecular weight is 364 g/mol. The molecular weight excluding hydrogens is 352 g/mol. The zero-order valence-electron chi connectivity index (χ0n) is 13.7. The van der Waals surface area contributed by atoms with Gasteiger partial charge in [0.2, 0.25) is 0 Å². The fraction of sp³-hybridized carbons (Fsp3) is 0.0588. The Morgan fingerprint density at radius 2 is 1.85 bits per heavy atom. The summed E-state index contributed by atoms with van der Waals surface area (Å²) in [5, 5.41) is 25.9. The van der Waals surface area contributed by atoms with E-state index in [-0.39, 0.29) is 17.9 Å². The Hall–Kier alpha value is -4.08. The molecule has 0 amide bonds. The molecular formula is C17H12N6O4. The maximum atomic E-state index is 11.4. The van der Waals surface area contributed by atoms with Crippen LogP contribution in [0.25, 0.3) is 21.9 Å². The molecule has 10 nitrogen and oxygen atoms in total. The zero-order chi connectivity index (χ0) is 19.0. The lowest BCUT2D eigenvalue weighted by Crippen LogP contribution is -2.05. The number of aromatic nitrogens is 3. The molecule has 0 spiro atoms. The summed E-state index contributed by atoms with van der Waals surface area (Å²) in [6, 6.07) is 10.8. The molecule has 2 N–H and O–H groups in total. The van der Waals surface area contributed by atoms with Crippen LogP contribution in [-0.2, 0) is 6.54 Å². The molecule has 10 heteroatoms. The maximum absolute atomic E-state index is 11.4. The molecule has 0 aliphatic heterocycles. The number of hydrogen-bond donors (Lipinski definition) is 2.